The van der Waals surface area contributed by atoms with E-state index in [0.29, 0.717) is 10.8 Å². The molecule has 0 radical (unpaired) electrons. The number of ketones is 1. The zero-order valence-electron chi connectivity index (χ0n) is 10.5. The largest absolute Gasteiger partial charge is 0.486 e. The second-order valence-electron chi connectivity index (χ2n) is 4.90. The van der Waals surface area contributed by atoms with Crippen molar-refractivity contribution in [2.45, 2.75) is 38.5 Å². The zero-order valence-corrected chi connectivity index (χ0v) is 11.3. The summed E-state index contributed by atoms with van der Waals surface area (Å²) in [6.45, 7) is 0.172. The highest BCUT2D eigenvalue weighted by Crippen LogP contribution is 2.24. The molecule has 0 atom stereocenters. The first-order valence-electron chi connectivity index (χ1n) is 6.67. The molecule has 0 spiro atoms. The molecule has 1 aromatic carbocycles. The minimum Gasteiger partial charge on any atom is -0.486 e. The third-order valence-corrected chi connectivity index (χ3v) is 3.72. The van der Waals surface area contributed by atoms with Gasteiger partial charge in [-0.2, -0.15) is 0 Å². The van der Waals surface area contributed by atoms with Gasteiger partial charge in [0.25, 0.3) is 0 Å². The summed E-state index contributed by atoms with van der Waals surface area (Å²) < 4.78 is 5.51. The number of hydrogen-bond donors (Lipinski definition) is 0. The van der Waals surface area contributed by atoms with Crippen LogP contribution in [0.4, 0.5) is 0 Å². The average molecular weight is 267 g/mol. The summed E-state index contributed by atoms with van der Waals surface area (Å²) in [7, 11) is 0. The molecule has 3 heteroatoms. The van der Waals surface area contributed by atoms with Crippen LogP contribution < -0.4 is 4.74 Å². The van der Waals surface area contributed by atoms with Crippen molar-refractivity contribution < 1.29 is 9.53 Å². The molecule has 1 aliphatic rings. The molecule has 0 amide bonds. The fraction of sp³-hybridized carbons (Fsp3) is 0.533. The Morgan fingerprint density at radius 2 is 1.94 bits per heavy atom. The van der Waals surface area contributed by atoms with E-state index >= 15 is 0 Å². The lowest BCUT2D eigenvalue weighted by molar-refractivity contribution is -0.125. The Balaban J connectivity index is 1.83. The Labute approximate surface area is 113 Å². The van der Waals surface area contributed by atoms with Crippen LogP contribution in [0, 0.1) is 5.92 Å². The van der Waals surface area contributed by atoms with Gasteiger partial charge < -0.3 is 4.74 Å². The molecule has 0 aromatic heterocycles. The molecule has 98 valence electrons. The van der Waals surface area contributed by atoms with Crippen LogP contribution >= 0.6 is 11.6 Å². The molecule has 1 aromatic rings. The highest BCUT2D eigenvalue weighted by atomic mass is 35.5. The van der Waals surface area contributed by atoms with Gasteiger partial charge >= 0.3 is 0 Å². The number of rotatable bonds is 4. The monoisotopic (exact) mass is 266 g/mol. The maximum Gasteiger partial charge on any atom is 0.173 e. The standard InChI is InChI=1S/C15H19ClO2/c16-13-8-5-9-14(10-13)18-11-15(17)12-6-3-1-2-4-7-12/h5,8-10,12H,1-4,6-7,11H2. The Bertz CT molecular complexity index is 395. The van der Waals surface area contributed by atoms with Crippen molar-refractivity contribution >= 4 is 17.4 Å². The summed E-state index contributed by atoms with van der Waals surface area (Å²) >= 11 is 5.87. The van der Waals surface area contributed by atoms with Crippen LogP contribution in [-0.4, -0.2) is 12.4 Å². The number of carbonyl (C=O) groups excluding carboxylic acids is 1. The molecule has 2 rings (SSSR count). The second-order valence-corrected chi connectivity index (χ2v) is 5.34. The highest BCUT2D eigenvalue weighted by molar-refractivity contribution is 6.30. The third-order valence-electron chi connectivity index (χ3n) is 3.49. The summed E-state index contributed by atoms with van der Waals surface area (Å²) in [6.07, 6.45) is 6.93. The van der Waals surface area contributed by atoms with Crippen LogP contribution in [0.15, 0.2) is 24.3 Å². The molecule has 1 fully saturated rings. The predicted molar refractivity (Wildman–Crippen MR) is 73.1 cm³/mol. The lowest BCUT2D eigenvalue weighted by Gasteiger charge is -2.13. The molecular weight excluding hydrogens is 248 g/mol. The quantitative estimate of drug-likeness (QED) is 0.761. The molecule has 0 unspecified atom stereocenters. The van der Waals surface area contributed by atoms with E-state index in [1.807, 2.05) is 12.1 Å². The van der Waals surface area contributed by atoms with Gasteiger partial charge in [0, 0.05) is 10.9 Å². The first-order valence-corrected chi connectivity index (χ1v) is 7.04. The van der Waals surface area contributed by atoms with Crippen molar-refractivity contribution in [3.05, 3.63) is 29.3 Å². The van der Waals surface area contributed by atoms with Crippen molar-refractivity contribution in [3.8, 4) is 5.75 Å². The molecule has 2 nitrogen and oxygen atoms in total. The second kappa shape index (κ2) is 6.79. The molecule has 0 heterocycles. The molecule has 18 heavy (non-hydrogen) atoms. The average Bonchev–Trinajstić information content (AvgIpc) is 2.65. The van der Waals surface area contributed by atoms with Crippen LogP contribution in [0.3, 0.4) is 0 Å². The Morgan fingerprint density at radius 3 is 2.61 bits per heavy atom. The predicted octanol–water partition coefficient (Wildman–Crippen LogP) is 4.26. The van der Waals surface area contributed by atoms with E-state index in [1.54, 1.807) is 12.1 Å². The fourth-order valence-electron chi connectivity index (χ4n) is 2.43. The van der Waals surface area contributed by atoms with Gasteiger partial charge in [0.15, 0.2) is 5.78 Å². The van der Waals surface area contributed by atoms with Gasteiger partial charge in [-0.05, 0) is 31.0 Å². The molecule has 1 saturated carbocycles. The summed E-state index contributed by atoms with van der Waals surface area (Å²) in [6, 6.07) is 7.18. The Kier molecular flexibility index (Phi) is 5.06. The van der Waals surface area contributed by atoms with E-state index in [9.17, 15) is 4.79 Å². The van der Waals surface area contributed by atoms with E-state index in [-0.39, 0.29) is 18.3 Å². The minimum atomic E-state index is 0.172. The normalized spacial score (nSPS) is 17.2. The van der Waals surface area contributed by atoms with E-state index < -0.39 is 0 Å². The van der Waals surface area contributed by atoms with Gasteiger partial charge in [0.1, 0.15) is 12.4 Å². The van der Waals surface area contributed by atoms with E-state index in [2.05, 4.69) is 0 Å². The molecule has 0 saturated heterocycles. The van der Waals surface area contributed by atoms with Crippen molar-refractivity contribution in [2.75, 3.05) is 6.61 Å². The van der Waals surface area contributed by atoms with Gasteiger partial charge in [0.2, 0.25) is 0 Å². The van der Waals surface area contributed by atoms with Gasteiger partial charge in [-0.15, -0.1) is 0 Å². The SMILES string of the molecule is O=C(COc1cccc(Cl)c1)C1CCCCCC1. The maximum atomic E-state index is 12.1. The maximum absolute atomic E-state index is 12.1. The molecule has 0 aliphatic heterocycles. The van der Waals surface area contributed by atoms with E-state index in [1.165, 1.54) is 25.7 Å². The molecule has 1 aliphatic carbocycles. The van der Waals surface area contributed by atoms with Gasteiger partial charge in [-0.25, -0.2) is 0 Å². The Hall–Kier alpha value is -1.02. The number of halogens is 1. The van der Waals surface area contributed by atoms with E-state index in [0.717, 1.165) is 12.8 Å². The van der Waals surface area contributed by atoms with Crippen molar-refractivity contribution in [3.63, 3.8) is 0 Å². The van der Waals surface area contributed by atoms with Gasteiger partial charge in [-0.3, -0.25) is 4.79 Å². The number of Topliss-reactive ketones (excluding diaryl/α,β-unsaturated/α-hetero) is 1. The van der Waals surface area contributed by atoms with Crippen LogP contribution in [0.2, 0.25) is 5.02 Å². The molecule has 0 bridgehead atoms. The highest BCUT2D eigenvalue weighted by Gasteiger charge is 2.20. The molecular formula is C15H19ClO2. The lowest BCUT2D eigenvalue weighted by atomic mass is 9.96. The first kappa shape index (κ1) is 13.4. The first-order chi connectivity index (χ1) is 8.75. The zero-order chi connectivity index (χ0) is 12.8. The number of ether oxygens (including phenoxy) is 1. The summed E-state index contributed by atoms with van der Waals surface area (Å²) in [4.78, 5) is 12.1. The Morgan fingerprint density at radius 1 is 1.22 bits per heavy atom. The smallest absolute Gasteiger partial charge is 0.173 e. The summed E-state index contributed by atoms with van der Waals surface area (Å²) in [5, 5.41) is 0.634. The number of carbonyl (C=O) groups is 1. The van der Waals surface area contributed by atoms with Gasteiger partial charge in [0.05, 0.1) is 0 Å². The van der Waals surface area contributed by atoms with Gasteiger partial charge in [-0.1, -0.05) is 43.4 Å². The number of hydrogen-bond acceptors (Lipinski definition) is 2. The van der Waals surface area contributed by atoms with Crippen molar-refractivity contribution in [1.82, 2.24) is 0 Å². The minimum absolute atomic E-state index is 0.172. The van der Waals surface area contributed by atoms with E-state index in [4.69, 9.17) is 16.3 Å². The van der Waals surface area contributed by atoms with Crippen LogP contribution in [-0.2, 0) is 4.79 Å². The van der Waals surface area contributed by atoms with Crippen LogP contribution in [0.1, 0.15) is 38.5 Å². The summed E-state index contributed by atoms with van der Waals surface area (Å²) in [5.41, 5.74) is 0. The number of benzene rings is 1. The molecule has 0 N–H and O–H groups in total. The lowest BCUT2D eigenvalue weighted by Crippen LogP contribution is -2.21. The fourth-order valence-corrected chi connectivity index (χ4v) is 2.61. The van der Waals surface area contributed by atoms with Crippen molar-refractivity contribution in [1.29, 1.82) is 0 Å². The van der Waals surface area contributed by atoms with Crippen LogP contribution in [0.25, 0.3) is 0 Å². The van der Waals surface area contributed by atoms with Crippen molar-refractivity contribution in [2.24, 2.45) is 5.92 Å². The third kappa shape index (κ3) is 4.02. The summed E-state index contributed by atoms with van der Waals surface area (Å²) in [5.74, 6) is 1.10. The topological polar surface area (TPSA) is 26.3 Å². The van der Waals surface area contributed by atoms with Crippen LogP contribution in [0.5, 0.6) is 5.75 Å².